The number of likely N-dealkylation sites (N-methyl/N-ethyl adjacent to an activating group) is 1. The molecule has 1 aliphatic rings. The number of hydrogen-bond acceptors (Lipinski definition) is 2. The highest BCUT2D eigenvalue weighted by Crippen LogP contribution is 2.27. The van der Waals surface area contributed by atoms with Crippen molar-refractivity contribution in [3.8, 4) is 0 Å². The first-order valence-electron chi connectivity index (χ1n) is 7.28. The minimum Gasteiger partial charge on any atom is -0.377 e. The number of ether oxygens (including phenoxy) is 1. The van der Waals surface area contributed by atoms with Gasteiger partial charge in [0, 0.05) is 6.04 Å². The predicted octanol–water partition coefficient (Wildman–Crippen LogP) is 3.61. The van der Waals surface area contributed by atoms with Crippen molar-refractivity contribution in [3.05, 3.63) is 0 Å². The van der Waals surface area contributed by atoms with Crippen molar-refractivity contribution in [2.24, 2.45) is 11.3 Å². The van der Waals surface area contributed by atoms with Gasteiger partial charge in [0.25, 0.3) is 0 Å². The fraction of sp³-hybridized carbons (Fsp3) is 1.00. The molecule has 1 atom stereocenters. The zero-order chi connectivity index (χ0) is 12.9. The molecule has 1 rings (SSSR count). The molecular weight excluding hydrogens is 210 g/mol. The molecule has 0 aliphatic heterocycles. The van der Waals surface area contributed by atoms with Gasteiger partial charge in [-0.15, -0.1) is 0 Å². The molecule has 0 amide bonds. The third-order valence-electron chi connectivity index (χ3n) is 3.96. The summed E-state index contributed by atoms with van der Waals surface area (Å²) in [5, 5.41) is 3.55. The largest absolute Gasteiger partial charge is 0.377 e. The maximum absolute atomic E-state index is 6.11. The van der Waals surface area contributed by atoms with E-state index < -0.39 is 0 Å². The molecule has 0 bridgehead atoms. The first-order chi connectivity index (χ1) is 7.93. The van der Waals surface area contributed by atoms with Crippen molar-refractivity contribution in [2.75, 3.05) is 13.2 Å². The van der Waals surface area contributed by atoms with Gasteiger partial charge >= 0.3 is 0 Å². The predicted molar refractivity (Wildman–Crippen MR) is 74.3 cm³/mol. The molecular formula is C15H31NO. The monoisotopic (exact) mass is 241 g/mol. The van der Waals surface area contributed by atoms with Crippen molar-refractivity contribution < 1.29 is 4.74 Å². The minimum atomic E-state index is 0.276. The van der Waals surface area contributed by atoms with E-state index in [2.05, 4.69) is 39.9 Å². The standard InChI is InChI=1S/C15H31NO/c1-6-16-14(15(3,4)5)11-17-13-9-7-12(2)8-10-13/h12-14,16H,6-11H2,1-5H3. The molecule has 0 spiro atoms. The van der Waals surface area contributed by atoms with Crippen LogP contribution in [0.15, 0.2) is 0 Å². The van der Waals surface area contributed by atoms with Gasteiger partial charge in [-0.3, -0.25) is 0 Å². The Morgan fingerprint density at radius 2 is 1.76 bits per heavy atom. The Bertz CT molecular complexity index is 201. The third kappa shape index (κ3) is 5.39. The van der Waals surface area contributed by atoms with Crippen LogP contribution in [0, 0.1) is 11.3 Å². The molecule has 1 fully saturated rings. The molecule has 1 N–H and O–H groups in total. The summed E-state index contributed by atoms with van der Waals surface area (Å²) in [4.78, 5) is 0. The Kier molecular flexibility index (Phi) is 5.94. The maximum atomic E-state index is 6.11. The zero-order valence-electron chi connectivity index (χ0n) is 12.4. The lowest BCUT2D eigenvalue weighted by Crippen LogP contribution is -2.44. The quantitative estimate of drug-likeness (QED) is 0.794. The molecule has 0 aromatic heterocycles. The van der Waals surface area contributed by atoms with Crippen LogP contribution >= 0.6 is 0 Å². The van der Waals surface area contributed by atoms with Crippen LogP contribution in [0.4, 0.5) is 0 Å². The molecule has 102 valence electrons. The van der Waals surface area contributed by atoms with E-state index in [-0.39, 0.29) is 5.41 Å². The van der Waals surface area contributed by atoms with Crippen LogP contribution in [0.3, 0.4) is 0 Å². The average molecular weight is 241 g/mol. The van der Waals surface area contributed by atoms with Gasteiger partial charge in [-0.05, 0) is 43.6 Å². The van der Waals surface area contributed by atoms with Crippen molar-refractivity contribution in [2.45, 2.75) is 72.4 Å². The molecule has 2 heteroatoms. The second-order valence-electron chi connectivity index (χ2n) is 6.69. The number of nitrogens with one attached hydrogen (secondary N) is 1. The van der Waals surface area contributed by atoms with Crippen LogP contribution in [0.5, 0.6) is 0 Å². The van der Waals surface area contributed by atoms with E-state index in [9.17, 15) is 0 Å². The molecule has 0 radical (unpaired) electrons. The van der Waals surface area contributed by atoms with E-state index in [4.69, 9.17) is 4.74 Å². The molecule has 17 heavy (non-hydrogen) atoms. The second-order valence-corrected chi connectivity index (χ2v) is 6.69. The van der Waals surface area contributed by atoms with E-state index in [1.54, 1.807) is 0 Å². The Labute approximate surface area is 108 Å². The molecule has 1 saturated carbocycles. The van der Waals surface area contributed by atoms with E-state index in [1.165, 1.54) is 25.7 Å². The van der Waals surface area contributed by atoms with Gasteiger partial charge in [0.2, 0.25) is 0 Å². The van der Waals surface area contributed by atoms with Gasteiger partial charge in [0.15, 0.2) is 0 Å². The summed E-state index contributed by atoms with van der Waals surface area (Å²) in [5.41, 5.74) is 0.276. The molecule has 2 nitrogen and oxygen atoms in total. The maximum Gasteiger partial charge on any atom is 0.0628 e. The lowest BCUT2D eigenvalue weighted by molar-refractivity contribution is -0.00741. The van der Waals surface area contributed by atoms with E-state index >= 15 is 0 Å². The minimum absolute atomic E-state index is 0.276. The average Bonchev–Trinajstić information content (AvgIpc) is 2.25. The highest BCUT2D eigenvalue weighted by Gasteiger charge is 2.26. The van der Waals surface area contributed by atoms with E-state index in [0.717, 1.165) is 19.1 Å². The summed E-state index contributed by atoms with van der Waals surface area (Å²) < 4.78 is 6.11. The van der Waals surface area contributed by atoms with Gasteiger partial charge < -0.3 is 10.1 Å². The Morgan fingerprint density at radius 1 is 1.18 bits per heavy atom. The first-order valence-corrected chi connectivity index (χ1v) is 7.28. The van der Waals surface area contributed by atoms with Gasteiger partial charge in [-0.1, -0.05) is 34.6 Å². The summed E-state index contributed by atoms with van der Waals surface area (Å²) in [5.74, 6) is 0.905. The summed E-state index contributed by atoms with van der Waals surface area (Å²) in [6.45, 7) is 13.3. The summed E-state index contributed by atoms with van der Waals surface area (Å²) in [7, 11) is 0. The Hall–Kier alpha value is -0.0800. The molecule has 1 aliphatic carbocycles. The summed E-state index contributed by atoms with van der Waals surface area (Å²) >= 11 is 0. The van der Waals surface area contributed by atoms with Crippen molar-refractivity contribution in [1.82, 2.24) is 5.32 Å². The highest BCUT2D eigenvalue weighted by atomic mass is 16.5. The van der Waals surface area contributed by atoms with E-state index in [0.29, 0.717) is 12.1 Å². The topological polar surface area (TPSA) is 21.3 Å². The third-order valence-corrected chi connectivity index (χ3v) is 3.96. The van der Waals surface area contributed by atoms with Crippen molar-refractivity contribution >= 4 is 0 Å². The molecule has 1 unspecified atom stereocenters. The molecule has 0 saturated heterocycles. The first kappa shape index (κ1) is 15.0. The van der Waals surface area contributed by atoms with Crippen LogP contribution in [0.2, 0.25) is 0 Å². The molecule has 0 aromatic carbocycles. The summed E-state index contributed by atoms with van der Waals surface area (Å²) in [6, 6.07) is 0.465. The van der Waals surface area contributed by atoms with Crippen LogP contribution in [0.25, 0.3) is 0 Å². The lowest BCUT2D eigenvalue weighted by Gasteiger charge is -2.34. The fourth-order valence-electron chi connectivity index (χ4n) is 2.49. The van der Waals surface area contributed by atoms with E-state index in [1.807, 2.05) is 0 Å². The molecule has 0 heterocycles. The van der Waals surface area contributed by atoms with Crippen LogP contribution < -0.4 is 5.32 Å². The number of hydrogen-bond donors (Lipinski definition) is 1. The van der Waals surface area contributed by atoms with Crippen LogP contribution in [-0.2, 0) is 4.74 Å². The summed E-state index contributed by atoms with van der Waals surface area (Å²) in [6.07, 6.45) is 5.70. The SMILES string of the molecule is CCNC(COC1CCC(C)CC1)C(C)(C)C. The normalized spacial score (nSPS) is 28.1. The van der Waals surface area contributed by atoms with Crippen LogP contribution in [0.1, 0.15) is 60.3 Å². The second kappa shape index (κ2) is 6.75. The zero-order valence-corrected chi connectivity index (χ0v) is 12.4. The van der Waals surface area contributed by atoms with Crippen LogP contribution in [-0.4, -0.2) is 25.3 Å². The van der Waals surface area contributed by atoms with Gasteiger partial charge in [0.05, 0.1) is 12.7 Å². The Balaban J connectivity index is 2.31. The van der Waals surface area contributed by atoms with Gasteiger partial charge in [0.1, 0.15) is 0 Å². The fourth-order valence-corrected chi connectivity index (χ4v) is 2.49. The van der Waals surface area contributed by atoms with Crippen molar-refractivity contribution in [1.29, 1.82) is 0 Å². The highest BCUT2D eigenvalue weighted by molar-refractivity contribution is 4.81. The number of rotatable bonds is 5. The molecule has 0 aromatic rings. The smallest absolute Gasteiger partial charge is 0.0628 e. The van der Waals surface area contributed by atoms with Gasteiger partial charge in [-0.25, -0.2) is 0 Å². The lowest BCUT2D eigenvalue weighted by atomic mass is 9.86. The Morgan fingerprint density at radius 3 is 2.24 bits per heavy atom. The van der Waals surface area contributed by atoms with Crippen molar-refractivity contribution in [3.63, 3.8) is 0 Å². The van der Waals surface area contributed by atoms with Gasteiger partial charge in [-0.2, -0.15) is 0 Å².